The molecule has 0 aliphatic rings. The molecule has 4 rings (SSSR count). The van der Waals surface area contributed by atoms with Crippen molar-refractivity contribution >= 4 is 23.4 Å². The number of nitrogens with zero attached hydrogens (tertiary/aromatic N) is 6. The minimum atomic E-state index is -0.443. The first kappa shape index (κ1) is 16.3. The lowest BCUT2D eigenvalue weighted by Crippen LogP contribution is -2.00. The molecule has 2 heterocycles. The summed E-state index contributed by atoms with van der Waals surface area (Å²) in [5.74, 6) is 1.14. The fourth-order valence-corrected chi connectivity index (χ4v) is 2.47. The molecule has 0 saturated heterocycles. The zero-order valence-corrected chi connectivity index (χ0v) is 13.9. The number of nitrogens with one attached hydrogen (secondary N) is 1. The van der Waals surface area contributed by atoms with Crippen molar-refractivity contribution in [2.75, 3.05) is 5.43 Å². The summed E-state index contributed by atoms with van der Waals surface area (Å²) in [6, 6.07) is 19.3. The second-order valence-electron chi connectivity index (χ2n) is 5.60. The van der Waals surface area contributed by atoms with Gasteiger partial charge in [-0.2, -0.15) is 9.62 Å². The normalized spacial score (nSPS) is 11.1. The number of hydrazone groups is 1. The third kappa shape index (κ3) is 3.47. The van der Waals surface area contributed by atoms with Gasteiger partial charge in [0.1, 0.15) is 0 Å². The minimum absolute atomic E-state index is 0.0354. The molecule has 4 aromatic rings. The molecule has 0 saturated carbocycles. The zero-order valence-electron chi connectivity index (χ0n) is 13.9. The number of rotatable bonds is 5. The van der Waals surface area contributed by atoms with E-state index in [0.29, 0.717) is 17.3 Å². The molecule has 0 radical (unpaired) electrons. The third-order valence-corrected chi connectivity index (χ3v) is 3.79. The molecule has 2 aromatic carbocycles. The summed E-state index contributed by atoms with van der Waals surface area (Å²) in [5, 5.41) is 27.5. The van der Waals surface area contributed by atoms with Crippen LogP contribution in [-0.4, -0.2) is 30.9 Å². The van der Waals surface area contributed by atoms with Crippen LogP contribution in [0.4, 0.5) is 11.5 Å². The van der Waals surface area contributed by atoms with Crippen molar-refractivity contribution in [1.29, 1.82) is 0 Å². The fourth-order valence-electron chi connectivity index (χ4n) is 2.47. The molecule has 9 nitrogen and oxygen atoms in total. The van der Waals surface area contributed by atoms with Crippen molar-refractivity contribution in [1.82, 2.24) is 19.8 Å². The van der Waals surface area contributed by atoms with Gasteiger partial charge in [-0.1, -0.05) is 30.3 Å². The molecule has 0 bridgehead atoms. The highest BCUT2D eigenvalue weighted by atomic mass is 16.6. The highest BCUT2D eigenvalue weighted by Crippen LogP contribution is 2.18. The van der Waals surface area contributed by atoms with E-state index in [1.165, 1.54) is 12.1 Å². The maximum atomic E-state index is 10.7. The molecule has 2 aromatic heterocycles. The Hall–Kier alpha value is -4.14. The van der Waals surface area contributed by atoms with E-state index in [9.17, 15) is 10.1 Å². The summed E-state index contributed by atoms with van der Waals surface area (Å²) in [6.07, 6.45) is 1.56. The quantitative estimate of drug-likeness (QED) is 0.333. The molecule has 0 amide bonds. The van der Waals surface area contributed by atoms with Crippen molar-refractivity contribution in [2.45, 2.75) is 0 Å². The molecule has 0 aliphatic heterocycles. The summed E-state index contributed by atoms with van der Waals surface area (Å²) in [5.41, 5.74) is 5.13. The first-order valence-corrected chi connectivity index (χ1v) is 8.02. The van der Waals surface area contributed by atoms with Gasteiger partial charge in [0.2, 0.25) is 0 Å². The number of nitro benzene ring substituents is 1. The topological polar surface area (TPSA) is 111 Å². The smallest absolute Gasteiger partial charge is 0.260 e. The maximum absolute atomic E-state index is 10.7. The standard InChI is InChI=1S/C18H13N7O2/c26-25(27)15-8-6-13(7-9-15)12-19-20-16-10-11-17-21-22-18(24(17)23-16)14-4-2-1-3-5-14/h1-12H,(H,20,23)/b19-12-. The third-order valence-electron chi connectivity index (χ3n) is 3.79. The Labute approximate surface area is 153 Å². The Morgan fingerprint density at radius 2 is 1.78 bits per heavy atom. The Morgan fingerprint density at radius 3 is 2.52 bits per heavy atom. The van der Waals surface area contributed by atoms with Gasteiger partial charge in [-0.15, -0.1) is 15.3 Å². The average molecular weight is 359 g/mol. The van der Waals surface area contributed by atoms with E-state index in [2.05, 4.69) is 25.8 Å². The Kier molecular flexibility index (Phi) is 4.24. The lowest BCUT2D eigenvalue weighted by atomic mass is 10.2. The van der Waals surface area contributed by atoms with Crippen molar-refractivity contribution in [3.05, 3.63) is 82.4 Å². The first-order valence-electron chi connectivity index (χ1n) is 8.02. The number of aromatic nitrogens is 4. The highest BCUT2D eigenvalue weighted by Gasteiger charge is 2.09. The molecule has 0 aliphatic carbocycles. The molecular formula is C18H13N7O2. The van der Waals surface area contributed by atoms with Crippen molar-refractivity contribution in [2.24, 2.45) is 5.10 Å². The van der Waals surface area contributed by atoms with Crippen LogP contribution >= 0.6 is 0 Å². The minimum Gasteiger partial charge on any atom is -0.260 e. The molecular weight excluding hydrogens is 346 g/mol. The van der Waals surface area contributed by atoms with Crippen LogP contribution in [0.1, 0.15) is 5.56 Å². The molecule has 0 unspecified atom stereocenters. The van der Waals surface area contributed by atoms with Crippen molar-refractivity contribution in [3.8, 4) is 11.4 Å². The second-order valence-corrected chi connectivity index (χ2v) is 5.60. The van der Waals surface area contributed by atoms with Gasteiger partial charge in [-0.25, -0.2) is 0 Å². The van der Waals surface area contributed by atoms with Crippen LogP contribution in [0.15, 0.2) is 71.8 Å². The number of non-ortho nitro benzene ring substituents is 1. The van der Waals surface area contributed by atoms with Crippen molar-refractivity contribution in [3.63, 3.8) is 0 Å². The van der Waals surface area contributed by atoms with Crippen LogP contribution in [0.2, 0.25) is 0 Å². The zero-order chi connectivity index (χ0) is 18.6. The van der Waals surface area contributed by atoms with Gasteiger partial charge in [0.25, 0.3) is 5.69 Å². The SMILES string of the molecule is O=[N+]([O-])c1ccc(/C=N\Nc2ccc3nnc(-c4ccccc4)n3n2)cc1. The van der Waals surface area contributed by atoms with E-state index in [0.717, 1.165) is 11.1 Å². The largest absolute Gasteiger partial charge is 0.269 e. The van der Waals surface area contributed by atoms with Crippen LogP contribution in [0.3, 0.4) is 0 Å². The van der Waals surface area contributed by atoms with Gasteiger partial charge in [0.05, 0.1) is 11.1 Å². The molecule has 27 heavy (non-hydrogen) atoms. The number of fused-ring (bicyclic) bond motifs is 1. The summed E-state index contributed by atoms with van der Waals surface area (Å²) in [4.78, 5) is 10.2. The Balaban J connectivity index is 1.55. The summed E-state index contributed by atoms with van der Waals surface area (Å²) >= 11 is 0. The van der Waals surface area contributed by atoms with Crippen LogP contribution in [-0.2, 0) is 0 Å². The maximum Gasteiger partial charge on any atom is 0.269 e. The van der Waals surface area contributed by atoms with Gasteiger partial charge < -0.3 is 0 Å². The van der Waals surface area contributed by atoms with Crippen molar-refractivity contribution < 1.29 is 4.92 Å². The van der Waals surface area contributed by atoms with Crippen LogP contribution in [0.25, 0.3) is 17.0 Å². The van der Waals surface area contributed by atoms with E-state index in [4.69, 9.17) is 0 Å². The highest BCUT2D eigenvalue weighted by molar-refractivity contribution is 5.80. The van der Waals surface area contributed by atoms with Gasteiger partial charge in [-0.05, 0) is 29.8 Å². The Bertz CT molecular complexity index is 1120. The molecule has 132 valence electrons. The number of anilines is 1. The number of benzene rings is 2. The number of nitro groups is 1. The van der Waals surface area contributed by atoms with Gasteiger partial charge in [-0.3, -0.25) is 15.5 Å². The van der Waals surface area contributed by atoms with Crippen LogP contribution < -0.4 is 5.43 Å². The predicted octanol–water partition coefficient (Wildman–Crippen LogP) is 3.15. The molecule has 0 spiro atoms. The lowest BCUT2D eigenvalue weighted by Gasteiger charge is -2.02. The first-order chi connectivity index (χ1) is 13.2. The van der Waals surface area contributed by atoms with Gasteiger partial charge >= 0.3 is 0 Å². The number of hydrogen-bond acceptors (Lipinski definition) is 7. The van der Waals surface area contributed by atoms with E-state index in [1.54, 1.807) is 35.0 Å². The summed E-state index contributed by atoms with van der Waals surface area (Å²) in [6.45, 7) is 0. The van der Waals surface area contributed by atoms with E-state index in [-0.39, 0.29) is 5.69 Å². The lowest BCUT2D eigenvalue weighted by molar-refractivity contribution is -0.384. The fraction of sp³-hybridized carbons (Fsp3) is 0. The average Bonchev–Trinajstić information content (AvgIpc) is 3.12. The second kappa shape index (κ2) is 7.00. The van der Waals surface area contributed by atoms with Crippen LogP contribution in [0.5, 0.6) is 0 Å². The van der Waals surface area contributed by atoms with E-state index in [1.807, 2.05) is 30.3 Å². The predicted molar refractivity (Wildman–Crippen MR) is 101 cm³/mol. The Morgan fingerprint density at radius 1 is 1.00 bits per heavy atom. The molecule has 1 N–H and O–H groups in total. The summed E-state index contributed by atoms with van der Waals surface area (Å²) in [7, 11) is 0. The summed E-state index contributed by atoms with van der Waals surface area (Å²) < 4.78 is 1.64. The molecule has 9 heteroatoms. The monoisotopic (exact) mass is 359 g/mol. The molecule has 0 fully saturated rings. The van der Waals surface area contributed by atoms with Gasteiger partial charge in [0, 0.05) is 17.7 Å². The number of hydrogen-bond donors (Lipinski definition) is 1. The van der Waals surface area contributed by atoms with E-state index < -0.39 is 4.92 Å². The van der Waals surface area contributed by atoms with E-state index >= 15 is 0 Å². The van der Waals surface area contributed by atoms with Crippen LogP contribution in [0, 0.1) is 10.1 Å². The van der Waals surface area contributed by atoms with Gasteiger partial charge in [0.15, 0.2) is 17.3 Å². The molecule has 0 atom stereocenters.